The van der Waals surface area contributed by atoms with Crippen molar-refractivity contribution in [3.05, 3.63) is 58.4 Å². The Labute approximate surface area is 135 Å². The lowest BCUT2D eigenvalue weighted by Crippen LogP contribution is -2.27. The van der Waals surface area contributed by atoms with Crippen molar-refractivity contribution in [3.63, 3.8) is 0 Å². The lowest BCUT2D eigenvalue weighted by molar-refractivity contribution is 0.0951. The van der Waals surface area contributed by atoms with Crippen LogP contribution in [0.4, 0.5) is 0 Å². The van der Waals surface area contributed by atoms with Gasteiger partial charge in [0.1, 0.15) is 0 Å². The van der Waals surface area contributed by atoms with E-state index in [1.54, 1.807) is 6.07 Å². The van der Waals surface area contributed by atoms with E-state index in [0.29, 0.717) is 17.8 Å². The van der Waals surface area contributed by atoms with Crippen LogP contribution in [0.3, 0.4) is 0 Å². The topological polar surface area (TPSA) is 62.0 Å². The molecule has 3 rings (SSSR count). The molecule has 0 unspecified atom stereocenters. The standard InChI is InChI=1S/C19H22N2O2/c22-18-13-16(12-17(21-18)15-8-2-1-3-9-15)19(23)20-11-10-14-6-4-5-7-14/h1-3,8-9,12-14H,4-7,10-11H2,(H,20,23)(H,21,22). The number of amides is 1. The number of carbonyl (C=O) groups excluding carboxylic acids is 1. The maximum atomic E-state index is 12.3. The highest BCUT2D eigenvalue weighted by Crippen LogP contribution is 2.26. The smallest absolute Gasteiger partial charge is 0.251 e. The molecule has 120 valence electrons. The normalized spacial score (nSPS) is 14.8. The number of aromatic amines is 1. The number of hydrogen-bond donors (Lipinski definition) is 2. The predicted molar refractivity (Wildman–Crippen MR) is 91.4 cm³/mol. The first-order valence-corrected chi connectivity index (χ1v) is 8.30. The Bertz CT molecular complexity index is 716. The van der Waals surface area contributed by atoms with E-state index in [4.69, 9.17) is 0 Å². The maximum absolute atomic E-state index is 12.3. The summed E-state index contributed by atoms with van der Waals surface area (Å²) in [5.41, 5.74) is 1.72. The molecule has 1 fully saturated rings. The lowest BCUT2D eigenvalue weighted by atomic mass is 10.0. The van der Waals surface area contributed by atoms with Crippen molar-refractivity contribution < 1.29 is 4.79 Å². The molecule has 1 aromatic carbocycles. The molecule has 0 radical (unpaired) electrons. The van der Waals surface area contributed by atoms with Crippen molar-refractivity contribution in [3.8, 4) is 11.3 Å². The van der Waals surface area contributed by atoms with E-state index in [9.17, 15) is 9.59 Å². The molecule has 1 aliphatic rings. The maximum Gasteiger partial charge on any atom is 0.251 e. The molecule has 1 saturated carbocycles. The van der Waals surface area contributed by atoms with E-state index in [1.807, 2.05) is 30.3 Å². The van der Waals surface area contributed by atoms with Crippen LogP contribution in [0, 0.1) is 5.92 Å². The predicted octanol–water partition coefficient (Wildman–Crippen LogP) is 3.35. The summed E-state index contributed by atoms with van der Waals surface area (Å²) < 4.78 is 0. The minimum Gasteiger partial charge on any atom is -0.352 e. The zero-order valence-electron chi connectivity index (χ0n) is 13.2. The molecule has 0 saturated heterocycles. The van der Waals surface area contributed by atoms with Crippen LogP contribution < -0.4 is 10.9 Å². The molecule has 4 nitrogen and oxygen atoms in total. The van der Waals surface area contributed by atoms with Crippen LogP contribution >= 0.6 is 0 Å². The Kier molecular flexibility index (Phi) is 4.91. The summed E-state index contributed by atoms with van der Waals surface area (Å²) in [5, 5.41) is 2.94. The van der Waals surface area contributed by atoms with Gasteiger partial charge in [0.2, 0.25) is 5.56 Å². The minimum absolute atomic E-state index is 0.175. The van der Waals surface area contributed by atoms with Crippen molar-refractivity contribution in [2.24, 2.45) is 5.92 Å². The molecule has 2 aromatic rings. The number of benzene rings is 1. The largest absolute Gasteiger partial charge is 0.352 e. The van der Waals surface area contributed by atoms with Gasteiger partial charge in [-0.25, -0.2) is 0 Å². The second kappa shape index (κ2) is 7.27. The van der Waals surface area contributed by atoms with Gasteiger partial charge in [-0.3, -0.25) is 9.59 Å². The monoisotopic (exact) mass is 310 g/mol. The molecule has 23 heavy (non-hydrogen) atoms. The quantitative estimate of drug-likeness (QED) is 0.889. The third kappa shape index (κ3) is 4.09. The van der Waals surface area contributed by atoms with Crippen LogP contribution in [0.1, 0.15) is 42.5 Å². The Morgan fingerprint density at radius 2 is 1.87 bits per heavy atom. The van der Waals surface area contributed by atoms with Crippen molar-refractivity contribution >= 4 is 5.91 Å². The first kappa shape index (κ1) is 15.5. The third-order valence-corrected chi connectivity index (χ3v) is 4.50. The van der Waals surface area contributed by atoms with Crippen LogP contribution in [-0.4, -0.2) is 17.4 Å². The highest BCUT2D eigenvalue weighted by molar-refractivity contribution is 5.95. The molecular weight excluding hydrogens is 288 g/mol. The van der Waals surface area contributed by atoms with Gasteiger partial charge in [0, 0.05) is 23.9 Å². The van der Waals surface area contributed by atoms with E-state index in [2.05, 4.69) is 10.3 Å². The molecule has 0 spiro atoms. The van der Waals surface area contributed by atoms with E-state index in [1.165, 1.54) is 31.7 Å². The summed E-state index contributed by atoms with van der Waals surface area (Å²) in [4.78, 5) is 26.9. The number of aromatic nitrogens is 1. The van der Waals surface area contributed by atoms with Gasteiger partial charge in [-0.15, -0.1) is 0 Å². The second-order valence-corrected chi connectivity index (χ2v) is 6.21. The number of rotatable bonds is 5. The molecule has 0 bridgehead atoms. The molecule has 1 amide bonds. The average molecular weight is 310 g/mol. The fourth-order valence-electron chi connectivity index (χ4n) is 3.24. The van der Waals surface area contributed by atoms with Crippen molar-refractivity contribution in [2.45, 2.75) is 32.1 Å². The van der Waals surface area contributed by atoms with Crippen LogP contribution in [0.15, 0.2) is 47.3 Å². The van der Waals surface area contributed by atoms with E-state index < -0.39 is 0 Å². The zero-order chi connectivity index (χ0) is 16.1. The highest BCUT2D eigenvalue weighted by atomic mass is 16.2. The Morgan fingerprint density at radius 3 is 2.61 bits per heavy atom. The van der Waals surface area contributed by atoms with Gasteiger partial charge < -0.3 is 10.3 Å². The Morgan fingerprint density at radius 1 is 1.13 bits per heavy atom. The summed E-state index contributed by atoms with van der Waals surface area (Å²) in [5.74, 6) is 0.570. The van der Waals surface area contributed by atoms with E-state index in [0.717, 1.165) is 17.9 Å². The fourth-order valence-corrected chi connectivity index (χ4v) is 3.24. The van der Waals surface area contributed by atoms with Gasteiger partial charge in [-0.2, -0.15) is 0 Å². The SMILES string of the molecule is O=C(NCCC1CCCC1)c1cc(-c2ccccc2)[nH]c(=O)c1. The van der Waals surface area contributed by atoms with Crippen LogP contribution in [-0.2, 0) is 0 Å². The summed E-state index contributed by atoms with van der Waals surface area (Å²) in [7, 11) is 0. The second-order valence-electron chi connectivity index (χ2n) is 6.21. The lowest BCUT2D eigenvalue weighted by Gasteiger charge is -2.10. The van der Waals surface area contributed by atoms with Crippen molar-refractivity contribution in [2.75, 3.05) is 6.54 Å². The van der Waals surface area contributed by atoms with Gasteiger partial charge >= 0.3 is 0 Å². The average Bonchev–Trinajstić information content (AvgIpc) is 3.08. The van der Waals surface area contributed by atoms with Gasteiger partial charge in [0.25, 0.3) is 5.91 Å². The first-order chi connectivity index (χ1) is 11.2. The summed E-state index contributed by atoms with van der Waals surface area (Å²) in [6.45, 7) is 0.678. The number of nitrogens with one attached hydrogen (secondary N) is 2. The first-order valence-electron chi connectivity index (χ1n) is 8.30. The van der Waals surface area contributed by atoms with Crippen LogP contribution in [0.2, 0.25) is 0 Å². The van der Waals surface area contributed by atoms with Crippen LogP contribution in [0.5, 0.6) is 0 Å². The molecule has 0 atom stereocenters. The fraction of sp³-hybridized carbons (Fsp3) is 0.368. The summed E-state index contributed by atoms with van der Waals surface area (Å²) in [6.07, 6.45) is 6.21. The molecular formula is C19H22N2O2. The summed E-state index contributed by atoms with van der Waals surface area (Å²) in [6, 6.07) is 12.6. The van der Waals surface area contributed by atoms with Gasteiger partial charge in [-0.1, -0.05) is 56.0 Å². The van der Waals surface area contributed by atoms with E-state index >= 15 is 0 Å². The van der Waals surface area contributed by atoms with Gasteiger partial charge in [0.05, 0.1) is 0 Å². The summed E-state index contributed by atoms with van der Waals surface area (Å²) >= 11 is 0. The minimum atomic E-state index is -0.257. The van der Waals surface area contributed by atoms with Crippen LogP contribution in [0.25, 0.3) is 11.3 Å². The van der Waals surface area contributed by atoms with E-state index in [-0.39, 0.29) is 11.5 Å². The number of carbonyl (C=O) groups is 1. The zero-order valence-corrected chi connectivity index (χ0v) is 13.2. The van der Waals surface area contributed by atoms with Gasteiger partial charge in [0.15, 0.2) is 0 Å². The molecule has 1 aromatic heterocycles. The molecule has 1 heterocycles. The Hall–Kier alpha value is -2.36. The third-order valence-electron chi connectivity index (χ3n) is 4.50. The molecule has 0 aliphatic heterocycles. The van der Waals surface area contributed by atoms with Crippen molar-refractivity contribution in [1.82, 2.24) is 10.3 Å². The number of hydrogen-bond acceptors (Lipinski definition) is 2. The number of pyridine rings is 1. The molecule has 2 N–H and O–H groups in total. The number of H-pyrrole nitrogens is 1. The molecule has 1 aliphatic carbocycles. The highest BCUT2D eigenvalue weighted by Gasteiger charge is 2.15. The Balaban J connectivity index is 1.68. The van der Waals surface area contributed by atoms with Gasteiger partial charge in [-0.05, 0) is 24.0 Å². The van der Waals surface area contributed by atoms with Crippen molar-refractivity contribution in [1.29, 1.82) is 0 Å². The molecule has 4 heteroatoms.